The van der Waals surface area contributed by atoms with Crippen molar-refractivity contribution in [3.63, 3.8) is 0 Å². The largest absolute Gasteiger partial charge is 0.496 e. The number of rotatable bonds is 7. The van der Waals surface area contributed by atoms with E-state index in [-0.39, 0.29) is 0 Å². The SMILES string of the molecule is CCOC(=O)C(N)CSCc1cc(C#N)ccc1OC. The summed E-state index contributed by atoms with van der Waals surface area (Å²) in [6.07, 6.45) is 0. The van der Waals surface area contributed by atoms with Crippen LogP contribution in [-0.2, 0) is 15.3 Å². The van der Waals surface area contributed by atoms with E-state index in [1.165, 1.54) is 11.8 Å². The van der Waals surface area contributed by atoms with E-state index < -0.39 is 12.0 Å². The van der Waals surface area contributed by atoms with Gasteiger partial charge in [0.2, 0.25) is 0 Å². The van der Waals surface area contributed by atoms with E-state index in [2.05, 4.69) is 6.07 Å². The number of hydrogen-bond donors (Lipinski definition) is 1. The first kappa shape index (κ1) is 16.3. The van der Waals surface area contributed by atoms with Crippen LogP contribution in [0.15, 0.2) is 18.2 Å². The molecule has 0 spiro atoms. The fourth-order valence-electron chi connectivity index (χ4n) is 1.57. The Morgan fingerprint density at radius 1 is 1.55 bits per heavy atom. The highest BCUT2D eigenvalue weighted by atomic mass is 32.2. The first-order valence-corrected chi connectivity index (χ1v) is 7.34. The molecule has 1 aromatic carbocycles. The number of hydrogen-bond acceptors (Lipinski definition) is 6. The highest BCUT2D eigenvalue weighted by molar-refractivity contribution is 7.98. The minimum Gasteiger partial charge on any atom is -0.496 e. The number of carbonyl (C=O) groups excluding carboxylic acids is 1. The zero-order valence-corrected chi connectivity index (χ0v) is 12.4. The molecule has 0 aliphatic rings. The van der Waals surface area contributed by atoms with E-state index in [9.17, 15) is 4.79 Å². The number of thioether (sulfide) groups is 1. The van der Waals surface area contributed by atoms with E-state index in [4.69, 9.17) is 20.5 Å². The second-order valence-corrected chi connectivity index (χ2v) is 5.04. The summed E-state index contributed by atoms with van der Waals surface area (Å²) in [6.45, 7) is 2.07. The van der Waals surface area contributed by atoms with E-state index in [1.54, 1.807) is 32.2 Å². The molecule has 0 aliphatic heterocycles. The average Bonchev–Trinajstić information content (AvgIpc) is 2.47. The van der Waals surface area contributed by atoms with Crippen LogP contribution in [0.25, 0.3) is 0 Å². The standard InChI is InChI=1S/C14H18N2O3S/c1-3-19-14(17)12(16)9-20-8-11-6-10(7-15)4-5-13(11)18-2/h4-6,12H,3,8-9,16H2,1-2H3. The highest BCUT2D eigenvalue weighted by Crippen LogP contribution is 2.24. The van der Waals surface area contributed by atoms with Gasteiger partial charge in [-0.3, -0.25) is 4.79 Å². The molecular formula is C14H18N2O3S. The number of nitriles is 1. The number of ether oxygens (including phenoxy) is 2. The summed E-state index contributed by atoms with van der Waals surface area (Å²) in [5, 5.41) is 8.89. The Labute approximate surface area is 123 Å². The van der Waals surface area contributed by atoms with Gasteiger partial charge in [0, 0.05) is 17.1 Å². The topological polar surface area (TPSA) is 85.3 Å². The predicted molar refractivity (Wildman–Crippen MR) is 78.5 cm³/mol. The van der Waals surface area contributed by atoms with Gasteiger partial charge in [0.15, 0.2) is 0 Å². The molecule has 0 amide bonds. The summed E-state index contributed by atoms with van der Waals surface area (Å²) in [7, 11) is 1.58. The second kappa shape index (κ2) is 8.46. The van der Waals surface area contributed by atoms with Gasteiger partial charge in [-0.15, -0.1) is 0 Å². The summed E-state index contributed by atoms with van der Waals surface area (Å²) >= 11 is 1.50. The van der Waals surface area contributed by atoms with Crippen LogP contribution in [0.5, 0.6) is 5.75 Å². The van der Waals surface area contributed by atoms with Gasteiger partial charge in [0.05, 0.1) is 25.3 Å². The van der Waals surface area contributed by atoms with E-state index in [0.717, 1.165) is 11.3 Å². The zero-order valence-electron chi connectivity index (χ0n) is 11.6. The molecule has 20 heavy (non-hydrogen) atoms. The van der Waals surface area contributed by atoms with Gasteiger partial charge < -0.3 is 15.2 Å². The Hall–Kier alpha value is -1.71. The molecule has 0 radical (unpaired) electrons. The minimum atomic E-state index is -0.634. The Morgan fingerprint density at radius 3 is 2.90 bits per heavy atom. The van der Waals surface area contributed by atoms with E-state index in [0.29, 0.717) is 23.7 Å². The van der Waals surface area contributed by atoms with Crippen molar-refractivity contribution in [2.24, 2.45) is 5.73 Å². The summed E-state index contributed by atoms with van der Waals surface area (Å²) in [6, 6.07) is 6.70. The maximum atomic E-state index is 11.4. The van der Waals surface area contributed by atoms with Gasteiger partial charge >= 0.3 is 5.97 Å². The normalized spacial score (nSPS) is 11.5. The fourth-order valence-corrected chi connectivity index (χ4v) is 2.53. The van der Waals surface area contributed by atoms with Crippen molar-refractivity contribution >= 4 is 17.7 Å². The molecule has 0 fully saturated rings. The third-order valence-corrected chi connectivity index (χ3v) is 3.66. The lowest BCUT2D eigenvalue weighted by Gasteiger charge is -2.11. The van der Waals surface area contributed by atoms with Gasteiger partial charge in [-0.25, -0.2) is 0 Å². The number of esters is 1. The molecule has 0 aliphatic carbocycles. The van der Waals surface area contributed by atoms with Gasteiger partial charge in [-0.05, 0) is 25.1 Å². The van der Waals surface area contributed by atoms with Gasteiger partial charge in [-0.2, -0.15) is 17.0 Å². The molecule has 1 unspecified atom stereocenters. The lowest BCUT2D eigenvalue weighted by atomic mass is 10.1. The van der Waals surface area contributed by atoms with Crippen LogP contribution in [0.3, 0.4) is 0 Å². The summed E-state index contributed by atoms with van der Waals surface area (Å²) in [5.41, 5.74) is 7.20. The van der Waals surface area contributed by atoms with Crippen molar-refractivity contribution < 1.29 is 14.3 Å². The third kappa shape index (κ3) is 4.76. The first-order chi connectivity index (χ1) is 9.62. The van der Waals surface area contributed by atoms with Gasteiger partial charge in [0.1, 0.15) is 11.8 Å². The number of methoxy groups -OCH3 is 1. The predicted octanol–water partition coefficient (Wildman–Crippen LogP) is 1.69. The molecule has 108 valence electrons. The van der Waals surface area contributed by atoms with Crippen LogP contribution in [0, 0.1) is 11.3 Å². The quantitative estimate of drug-likeness (QED) is 0.770. The van der Waals surface area contributed by atoms with Crippen LogP contribution in [0.2, 0.25) is 0 Å². The Balaban J connectivity index is 2.57. The molecule has 1 atom stereocenters. The Kier molecular flexibility index (Phi) is 6.91. The number of nitrogens with zero attached hydrogens (tertiary/aromatic N) is 1. The molecule has 0 saturated carbocycles. The van der Waals surface area contributed by atoms with Crippen LogP contribution in [0.1, 0.15) is 18.1 Å². The van der Waals surface area contributed by atoms with Crippen LogP contribution in [0.4, 0.5) is 0 Å². The van der Waals surface area contributed by atoms with E-state index in [1.807, 2.05) is 0 Å². The van der Waals surface area contributed by atoms with Crippen LogP contribution < -0.4 is 10.5 Å². The summed E-state index contributed by atoms with van der Waals surface area (Å²) in [5.74, 6) is 1.41. The monoisotopic (exact) mass is 294 g/mol. The smallest absolute Gasteiger partial charge is 0.323 e. The lowest BCUT2D eigenvalue weighted by Crippen LogP contribution is -2.34. The van der Waals surface area contributed by atoms with Crippen molar-refractivity contribution in [2.45, 2.75) is 18.7 Å². The molecule has 1 aromatic rings. The Bertz CT molecular complexity index is 500. The van der Waals surface area contributed by atoms with Crippen molar-refractivity contribution in [3.8, 4) is 11.8 Å². The molecule has 5 nitrogen and oxygen atoms in total. The lowest BCUT2D eigenvalue weighted by molar-refractivity contribution is -0.144. The number of nitrogens with two attached hydrogens (primary N) is 1. The zero-order chi connectivity index (χ0) is 15.0. The highest BCUT2D eigenvalue weighted by Gasteiger charge is 2.14. The first-order valence-electron chi connectivity index (χ1n) is 6.19. The van der Waals surface area contributed by atoms with Gasteiger partial charge in [0.25, 0.3) is 0 Å². The van der Waals surface area contributed by atoms with Crippen molar-refractivity contribution in [1.29, 1.82) is 5.26 Å². The molecule has 2 N–H and O–H groups in total. The molecule has 0 aromatic heterocycles. The Morgan fingerprint density at radius 2 is 2.30 bits per heavy atom. The maximum absolute atomic E-state index is 11.4. The molecule has 0 heterocycles. The molecule has 0 bridgehead atoms. The minimum absolute atomic E-state index is 0.329. The van der Waals surface area contributed by atoms with Crippen molar-refractivity contribution in [3.05, 3.63) is 29.3 Å². The van der Waals surface area contributed by atoms with Gasteiger partial charge in [-0.1, -0.05) is 0 Å². The van der Waals surface area contributed by atoms with Crippen LogP contribution >= 0.6 is 11.8 Å². The fraction of sp³-hybridized carbons (Fsp3) is 0.429. The third-order valence-electron chi connectivity index (χ3n) is 2.55. The number of benzene rings is 1. The van der Waals surface area contributed by atoms with Crippen molar-refractivity contribution in [2.75, 3.05) is 19.5 Å². The van der Waals surface area contributed by atoms with E-state index >= 15 is 0 Å². The molecular weight excluding hydrogens is 276 g/mol. The maximum Gasteiger partial charge on any atom is 0.323 e. The molecule has 0 saturated heterocycles. The number of carbonyl (C=O) groups is 1. The average molecular weight is 294 g/mol. The summed E-state index contributed by atoms with van der Waals surface area (Å²) in [4.78, 5) is 11.4. The molecule has 1 rings (SSSR count). The van der Waals surface area contributed by atoms with Crippen molar-refractivity contribution in [1.82, 2.24) is 0 Å². The summed E-state index contributed by atoms with van der Waals surface area (Å²) < 4.78 is 10.1. The molecule has 6 heteroatoms. The second-order valence-electron chi connectivity index (χ2n) is 4.01. The van der Waals surface area contributed by atoms with Crippen LogP contribution in [-0.4, -0.2) is 31.5 Å².